The number of sulfonamides is 1. The fraction of sp³-hybridized carbons (Fsp3) is 0.455. The Morgan fingerprint density at radius 2 is 2.11 bits per heavy atom. The Morgan fingerprint density at radius 1 is 1.47 bits per heavy atom. The number of nitrogens with one attached hydrogen (secondary N) is 1. The first kappa shape index (κ1) is 15.5. The molecule has 0 aliphatic heterocycles. The Hall–Kier alpha value is -1.51. The molecule has 1 rings (SSSR count). The molecular formula is C11H16N2O5S. The van der Waals surface area contributed by atoms with Crippen LogP contribution in [0.3, 0.4) is 0 Å². The van der Waals surface area contributed by atoms with Crippen LogP contribution >= 0.6 is 0 Å². The fourth-order valence-corrected chi connectivity index (χ4v) is 3.20. The summed E-state index contributed by atoms with van der Waals surface area (Å²) >= 11 is 0. The lowest BCUT2D eigenvalue weighted by Crippen LogP contribution is -2.37. The molecule has 8 heteroatoms. The molecule has 0 radical (unpaired) electrons. The zero-order valence-corrected chi connectivity index (χ0v) is 11.5. The van der Waals surface area contributed by atoms with Gasteiger partial charge in [-0.05, 0) is 19.4 Å². The molecule has 1 aromatic carbocycles. The highest BCUT2D eigenvalue weighted by Crippen LogP contribution is 2.24. The van der Waals surface area contributed by atoms with Gasteiger partial charge >= 0.3 is 0 Å². The van der Waals surface area contributed by atoms with Crippen LogP contribution in [0.15, 0.2) is 23.1 Å². The van der Waals surface area contributed by atoms with Crippen molar-refractivity contribution < 1.29 is 18.4 Å². The number of aliphatic hydroxyl groups is 1. The topological polar surface area (TPSA) is 110 Å². The predicted octanol–water partition coefficient (Wildman–Crippen LogP) is 0.952. The third-order valence-electron chi connectivity index (χ3n) is 2.78. The second-order valence-corrected chi connectivity index (χ2v) is 5.75. The molecule has 0 aromatic heterocycles. The third kappa shape index (κ3) is 3.49. The molecule has 0 bridgehead atoms. The van der Waals surface area contributed by atoms with E-state index in [1.165, 1.54) is 25.1 Å². The van der Waals surface area contributed by atoms with E-state index in [1.54, 1.807) is 6.92 Å². The van der Waals surface area contributed by atoms with Crippen molar-refractivity contribution in [3.05, 3.63) is 33.9 Å². The molecule has 0 heterocycles. The van der Waals surface area contributed by atoms with Crippen LogP contribution in [0.5, 0.6) is 0 Å². The molecule has 0 spiro atoms. The monoisotopic (exact) mass is 288 g/mol. The largest absolute Gasteiger partial charge is 0.395 e. The van der Waals surface area contributed by atoms with Crippen LogP contribution in [0.25, 0.3) is 0 Å². The summed E-state index contributed by atoms with van der Waals surface area (Å²) in [5.74, 6) is 0. The summed E-state index contributed by atoms with van der Waals surface area (Å²) < 4.78 is 26.5. The molecule has 2 N–H and O–H groups in total. The molecule has 1 atom stereocenters. The number of nitro benzene ring substituents is 1. The highest BCUT2D eigenvalue weighted by Gasteiger charge is 2.24. The first-order valence-electron chi connectivity index (χ1n) is 5.70. The van der Waals surface area contributed by atoms with Crippen LogP contribution in [0.1, 0.15) is 18.9 Å². The van der Waals surface area contributed by atoms with E-state index in [2.05, 4.69) is 4.72 Å². The van der Waals surface area contributed by atoms with Gasteiger partial charge in [0.15, 0.2) is 0 Å². The lowest BCUT2D eigenvalue weighted by molar-refractivity contribution is -0.385. The number of aliphatic hydroxyl groups excluding tert-OH is 1. The highest BCUT2D eigenvalue weighted by molar-refractivity contribution is 7.89. The summed E-state index contributed by atoms with van der Waals surface area (Å²) in [5, 5.41) is 19.8. The molecule has 1 unspecified atom stereocenters. The Morgan fingerprint density at radius 3 is 2.58 bits per heavy atom. The summed E-state index contributed by atoms with van der Waals surface area (Å²) in [4.78, 5) is 10.0. The van der Waals surface area contributed by atoms with E-state index < -0.39 is 21.0 Å². The van der Waals surface area contributed by atoms with Crippen molar-refractivity contribution in [3.63, 3.8) is 0 Å². The Bertz CT molecular complexity index is 566. The summed E-state index contributed by atoms with van der Waals surface area (Å²) in [6.07, 6.45) is 0.420. The molecule has 1 aromatic rings. The van der Waals surface area contributed by atoms with Gasteiger partial charge in [-0.15, -0.1) is 0 Å². The van der Waals surface area contributed by atoms with Crippen molar-refractivity contribution >= 4 is 15.7 Å². The summed E-state index contributed by atoms with van der Waals surface area (Å²) in [7, 11) is -3.88. The minimum absolute atomic E-state index is 0.0767. The van der Waals surface area contributed by atoms with Crippen LogP contribution in [-0.2, 0) is 10.0 Å². The number of nitrogens with zero attached hydrogens (tertiary/aromatic N) is 1. The van der Waals surface area contributed by atoms with E-state index in [0.717, 1.165) is 0 Å². The number of hydrogen-bond acceptors (Lipinski definition) is 5. The Balaban J connectivity index is 3.22. The summed E-state index contributed by atoms with van der Waals surface area (Å²) in [6.45, 7) is 2.78. The van der Waals surface area contributed by atoms with E-state index in [1.807, 2.05) is 0 Å². The summed E-state index contributed by atoms with van der Waals surface area (Å²) in [6, 6.07) is 3.26. The van der Waals surface area contributed by atoms with Gasteiger partial charge in [-0.1, -0.05) is 13.0 Å². The van der Waals surface area contributed by atoms with Gasteiger partial charge in [-0.3, -0.25) is 10.1 Å². The molecule has 0 aliphatic rings. The van der Waals surface area contributed by atoms with Gasteiger partial charge in [0.1, 0.15) is 0 Å². The molecule has 0 fully saturated rings. The SMILES string of the molecule is CCC(CO)NS(=O)(=O)c1cccc([N+](=O)[O-])c1C. The molecular weight excluding hydrogens is 272 g/mol. The van der Waals surface area contributed by atoms with E-state index in [4.69, 9.17) is 5.11 Å². The average molecular weight is 288 g/mol. The zero-order chi connectivity index (χ0) is 14.6. The van der Waals surface area contributed by atoms with Crippen molar-refractivity contribution in [2.24, 2.45) is 0 Å². The van der Waals surface area contributed by atoms with Crippen LogP contribution in [0.2, 0.25) is 0 Å². The van der Waals surface area contributed by atoms with Gasteiger partial charge in [0.2, 0.25) is 10.0 Å². The van der Waals surface area contributed by atoms with Gasteiger partial charge in [0.25, 0.3) is 5.69 Å². The maximum atomic E-state index is 12.1. The highest BCUT2D eigenvalue weighted by atomic mass is 32.2. The van der Waals surface area contributed by atoms with Gasteiger partial charge in [-0.25, -0.2) is 13.1 Å². The number of nitro groups is 1. The Labute approximate surface area is 111 Å². The maximum absolute atomic E-state index is 12.1. The lowest BCUT2D eigenvalue weighted by Gasteiger charge is -2.15. The smallest absolute Gasteiger partial charge is 0.273 e. The quantitative estimate of drug-likeness (QED) is 0.598. The predicted molar refractivity (Wildman–Crippen MR) is 69.3 cm³/mol. The van der Waals surface area contributed by atoms with Crippen LogP contribution in [0, 0.1) is 17.0 Å². The second kappa shape index (κ2) is 6.09. The van der Waals surface area contributed by atoms with Gasteiger partial charge < -0.3 is 5.11 Å². The van der Waals surface area contributed by atoms with E-state index in [0.29, 0.717) is 6.42 Å². The van der Waals surface area contributed by atoms with E-state index >= 15 is 0 Å². The normalized spacial score (nSPS) is 13.2. The third-order valence-corrected chi connectivity index (χ3v) is 4.44. The van der Waals surface area contributed by atoms with Crippen LogP contribution < -0.4 is 4.72 Å². The minimum Gasteiger partial charge on any atom is -0.395 e. The standard InChI is InChI=1S/C11H16N2O5S/c1-3-9(7-14)12-19(17,18)11-6-4-5-10(8(11)2)13(15)16/h4-6,9,12,14H,3,7H2,1-2H3. The molecule has 0 amide bonds. The maximum Gasteiger partial charge on any atom is 0.273 e. The number of benzene rings is 1. The van der Waals surface area contributed by atoms with Gasteiger partial charge in [-0.2, -0.15) is 0 Å². The van der Waals surface area contributed by atoms with Gasteiger partial charge in [0.05, 0.1) is 16.4 Å². The summed E-state index contributed by atoms with van der Waals surface area (Å²) in [5.41, 5.74) is -0.173. The second-order valence-electron chi connectivity index (χ2n) is 4.07. The molecule has 0 aliphatic carbocycles. The molecule has 0 saturated carbocycles. The lowest BCUT2D eigenvalue weighted by atomic mass is 10.2. The van der Waals surface area contributed by atoms with Crippen LogP contribution in [-0.4, -0.2) is 31.1 Å². The Kier molecular flexibility index (Phi) is 4.98. The van der Waals surface area contributed by atoms with Crippen LogP contribution in [0.4, 0.5) is 5.69 Å². The molecule has 106 valence electrons. The molecule has 19 heavy (non-hydrogen) atoms. The minimum atomic E-state index is -3.88. The van der Waals surface area contributed by atoms with Gasteiger partial charge in [0, 0.05) is 17.7 Å². The van der Waals surface area contributed by atoms with Crippen molar-refractivity contribution in [1.82, 2.24) is 4.72 Å². The van der Waals surface area contributed by atoms with Crippen molar-refractivity contribution in [2.75, 3.05) is 6.61 Å². The first-order chi connectivity index (χ1) is 8.83. The van der Waals surface area contributed by atoms with Crippen molar-refractivity contribution in [2.45, 2.75) is 31.2 Å². The average Bonchev–Trinajstić information content (AvgIpc) is 2.35. The number of hydrogen-bond donors (Lipinski definition) is 2. The van der Waals surface area contributed by atoms with E-state index in [9.17, 15) is 18.5 Å². The fourth-order valence-electron chi connectivity index (χ4n) is 1.62. The molecule has 7 nitrogen and oxygen atoms in total. The van der Waals surface area contributed by atoms with Crippen molar-refractivity contribution in [1.29, 1.82) is 0 Å². The number of rotatable bonds is 6. The van der Waals surface area contributed by atoms with E-state index in [-0.39, 0.29) is 22.8 Å². The van der Waals surface area contributed by atoms with Crippen molar-refractivity contribution in [3.8, 4) is 0 Å². The molecule has 0 saturated heterocycles. The zero-order valence-electron chi connectivity index (χ0n) is 10.7. The first-order valence-corrected chi connectivity index (χ1v) is 7.19.